The maximum atomic E-state index is 11.1. The first kappa shape index (κ1) is 19.1. The summed E-state index contributed by atoms with van der Waals surface area (Å²) in [6, 6.07) is 6.43. The van der Waals surface area contributed by atoms with Crippen LogP contribution in [0.15, 0.2) is 34.2 Å². The van der Waals surface area contributed by atoms with Gasteiger partial charge < -0.3 is 10.6 Å². The Bertz CT molecular complexity index is 529. The molecule has 0 amide bonds. The van der Waals surface area contributed by atoms with E-state index in [9.17, 15) is 8.42 Å². The van der Waals surface area contributed by atoms with Gasteiger partial charge in [0.1, 0.15) is 0 Å². The minimum absolute atomic E-state index is 0. The molecule has 6 nitrogen and oxygen atoms in total. The van der Waals surface area contributed by atoms with E-state index < -0.39 is 10.0 Å². The number of benzene rings is 1. The highest BCUT2D eigenvalue weighted by Gasteiger charge is 2.06. The predicted molar refractivity (Wildman–Crippen MR) is 91.7 cm³/mol. The Morgan fingerprint density at radius 3 is 2.30 bits per heavy atom. The number of hydrogen-bond donors (Lipinski definition) is 3. The second-order valence-electron chi connectivity index (χ2n) is 4.04. The van der Waals surface area contributed by atoms with Crippen LogP contribution in [0.4, 0.5) is 0 Å². The van der Waals surface area contributed by atoms with Gasteiger partial charge in [0.05, 0.1) is 4.90 Å². The molecule has 0 aromatic heterocycles. The summed E-state index contributed by atoms with van der Waals surface area (Å²) in [5.74, 6) is 0.720. The number of sulfonamides is 1. The lowest BCUT2D eigenvalue weighted by atomic mass is 10.2. The molecule has 0 atom stereocenters. The van der Waals surface area contributed by atoms with Crippen LogP contribution in [0.25, 0.3) is 0 Å². The Morgan fingerprint density at radius 2 is 1.85 bits per heavy atom. The van der Waals surface area contributed by atoms with E-state index in [1.54, 1.807) is 19.2 Å². The minimum atomic E-state index is -3.62. The molecular weight excluding hydrogens is 391 g/mol. The van der Waals surface area contributed by atoms with E-state index in [1.807, 2.05) is 0 Å². The van der Waals surface area contributed by atoms with E-state index in [1.165, 1.54) is 12.1 Å². The van der Waals surface area contributed by atoms with Gasteiger partial charge in [-0.15, -0.1) is 24.0 Å². The number of rotatable bonds is 5. The average Bonchev–Trinajstić information content (AvgIpc) is 2.38. The highest BCUT2D eigenvalue weighted by atomic mass is 127. The molecule has 4 N–H and O–H groups in total. The molecule has 20 heavy (non-hydrogen) atoms. The van der Waals surface area contributed by atoms with Crippen LogP contribution >= 0.6 is 24.0 Å². The van der Waals surface area contributed by atoms with Gasteiger partial charge in [0, 0.05) is 20.1 Å². The fourth-order valence-electron chi connectivity index (χ4n) is 1.45. The Labute approximate surface area is 137 Å². The Hall–Kier alpha value is -0.870. The van der Waals surface area contributed by atoms with Gasteiger partial charge in [0.15, 0.2) is 5.96 Å². The Morgan fingerprint density at radius 1 is 1.25 bits per heavy atom. The lowest BCUT2D eigenvalue weighted by Gasteiger charge is -2.11. The molecule has 1 aromatic carbocycles. The summed E-state index contributed by atoms with van der Waals surface area (Å²) in [6.07, 6.45) is 1.02. The second-order valence-corrected chi connectivity index (χ2v) is 5.60. The van der Waals surface area contributed by atoms with Gasteiger partial charge in [0.25, 0.3) is 0 Å². The molecule has 0 saturated carbocycles. The molecule has 114 valence electrons. The van der Waals surface area contributed by atoms with E-state index in [-0.39, 0.29) is 28.9 Å². The number of halogens is 1. The minimum Gasteiger partial charge on any atom is -0.356 e. The van der Waals surface area contributed by atoms with Crippen LogP contribution in [0.5, 0.6) is 0 Å². The summed E-state index contributed by atoms with van der Waals surface area (Å²) in [5.41, 5.74) is 0.951. The normalized spacial score (nSPS) is 11.7. The van der Waals surface area contributed by atoms with Gasteiger partial charge in [-0.05, 0) is 24.1 Å². The third-order valence-corrected chi connectivity index (χ3v) is 3.41. The maximum absolute atomic E-state index is 11.1. The van der Waals surface area contributed by atoms with Gasteiger partial charge in [0.2, 0.25) is 10.0 Å². The third kappa shape index (κ3) is 6.53. The zero-order valence-corrected chi connectivity index (χ0v) is 14.7. The summed E-state index contributed by atoms with van der Waals surface area (Å²) in [6.45, 7) is 3.49. The standard InChI is InChI=1S/C12H20N4O2S.HI/c1-3-8-15-12(14-2)16-9-10-4-6-11(7-5-10)19(13,17)18;/h4-7H,3,8-9H2,1-2H3,(H2,13,17,18)(H2,14,15,16);1H. The molecule has 0 spiro atoms. The first-order valence-corrected chi connectivity index (χ1v) is 7.58. The fraction of sp³-hybridized carbons (Fsp3) is 0.417. The summed E-state index contributed by atoms with van der Waals surface area (Å²) >= 11 is 0. The van der Waals surface area contributed by atoms with Crippen molar-refractivity contribution in [3.63, 3.8) is 0 Å². The zero-order chi connectivity index (χ0) is 14.3. The zero-order valence-electron chi connectivity index (χ0n) is 11.6. The molecule has 0 bridgehead atoms. The first-order valence-electron chi connectivity index (χ1n) is 6.03. The molecule has 0 heterocycles. The molecule has 1 rings (SSSR count). The van der Waals surface area contributed by atoms with Crippen LogP contribution in [0.3, 0.4) is 0 Å². The van der Waals surface area contributed by atoms with Gasteiger partial charge in [-0.2, -0.15) is 0 Å². The van der Waals surface area contributed by atoms with Crippen LogP contribution in [0.1, 0.15) is 18.9 Å². The molecule has 0 aliphatic rings. The summed E-state index contributed by atoms with van der Waals surface area (Å²) in [7, 11) is -1.92. The van der Waals surface area contributed by atoms with E-state index in [4.69, 9.17) is 5.14 Å². The van der Waals surface area contributed by atoms with Crippen LogP contribution in [-0.2, 0) is 16.6 Å². The van der Waals surface area contributed by atoms with Gasteiger partial charge in [-0.25, -0.2) is 13.6 Å². The van der Waals surface area contributed by atoms with Crippen molar-refractivity contribution in [1.29, 1.82) is 0 Å². The lowest BCUT2D eigenvalue weighted by molar-refractivity contribution is 0.597. The number of primary sulfonamides is 1. The smallest absolute Gasteiger partial charge is 0.238 e. The largest absolute Gasteiger partial charge is 0.356 e. The quantitative estimate of drug-likeness (QED) is 0.382. The SMILES string of the molecule is CCCNC(=NC)NCc1ccc(S(N)(=O)=O)cc1.I. The fourth-order valence-corrected chi connectivity index (χ4v) is 1.96. The van der Waals surface area contributed by atoms with E-state index >= 15 is 0 Å². The second kappa shape index (κ2) is 9.14. The summed E-state index contributed by atoms with van der Waals surface area (Å²) in [4.78, 5) is 4.19. The highest BCUT2D eigenvalue weighted by Crippen LogP contribution is 2.08. The van der Waals surface area contributed by atoms with Crippen LogP contribution in [-0.4, -0.2) is 28.0 Å². The van der Waals surface area contributed by atoms with Gasteiger partial charge >= 0.3 is 0 Å². The Kier molecular flexibility index (Phi) is 8.74. The number of hydrogen-bond acceptors (Lipinski definition) is 3. The molecule has 0 aliphatic carbocycles. The summed E-state index contributed by atoms with van der Waals surface area (Å²) in [5, 5.41) is 11.3. The van der Waals surface area contributed by atoms with E-state index in [0.717, 1.165) is 24.5 Å². The van der Waals surface area contributed by atoms with Crippen molar-refractivity contribution in [3.05, 3.63) is 29.8 Å². The molecule has 0 aliphatic heterocycles. The lowest BCUT2D eigenvalue weighted by Crippen LogP contribution is -2.37. The molecule has 8 heteroatoms. The summed E-state index contributed by atoms with van der Waals surface area (Å²) < 4.78 is 22.2. The number of aliphatic imine (C=N–C) groups is 1. The van der Waals surface area contributed by atoms with Crippen molar-refractivity contribution in [3.8, 4) is 0 Å². The number of nitrogens with two attached hydrogens (primary N) is 1. The third-order valence-electron chi connectivity index (χ3n) is 2.48. The number of nitrogens with one attached hydrogen (secondary N) is 2. The van der Waals surface area contributed by atoms with Crippen LogP contribution in [0.2, 0.25) is 0 Å². The van der Waals surface area contributed by atoms with Crippen molar-refractivity contribution in [2.45, 2.75) is 24.8 Å². The van der Waals surface area contributed by atoms with E-state index in [0.29, 0.717) is 6.54 Å². The molecule has 0 unspecified atom stereocenters. The van der Waals surface area contributed by atoms with E-state index in [2.05, 4.69) is 22.5 Å². The van der Waals surface area contributed by atoms with Crippen molar-refractivity contribution in [1.82, 2.24) is 10.6 Å². The van der Waals surface area contributed by atoms with Crippen LogP contribution in [0, 0.1) is 0 Å². The monoisotopic (exact) mass is 412 g/mol. The maximum Gasteiger partial charge on any atom is 0.238 e. The average molecular weight is 412 g/mol. The Balaban J connectivity index is 0.00000361. The van der Waals surface area contributed by atoms with Crippen molar-refractivity contribution in [2.75, 3.05) is 13.6 Å². The molecule has 0 saturated heterocycles. The van der Waals surface area contributed by atoms with Crippen LogP contribution < -0.4 is 15.8 Å². The van der Waals surface area contributed by atoms with Gasteiger partial charge in [-0.1, -0.05) is 19.1 Å². The highest BCUT2D eigenvalue weighted by molar-refractivity contribution is 14.0. The topological polar surface area (TPSA) is 96.6 Å². The first-order chi connectivity index (χ1) is 8.97. The van der Waals surface area contributed by atoms with Crippen molar-refractivity contribution < 1.29 is 8.42 Å². The molecule has 0 fully saturated rings. The number of guanidine groups is 1. The molecule has 0 radical (unpaired) electrons. The van der Waals surface area contributed by atoms with Crippen molar-refractivity contribution in [2.24, 2.45) is 10.1 Å². The molecule has 1 aromatic rings. The van der Waals surface area contributed by atoms with Gasteiger partial charge in [-0.3, -0.25) is 4.99 Å². The predicted octanol–water partition coefficient (Wildman–Crippen LogP) is 1.03. The van der Waals surface area contributed by atoms with Crippen molar-refractivity contribution >= 4 is 40.0 Å². The number of nitrogens with zero attached hydrogens (tertiary/aromatic N) is 1. The molecular formula is C12H21IN4O2S.